The third-order valence-corrected chi connectivity index (χ3v) is 7.60. The van der Waals surface area contributed by atoms with Crippen molar-refractivity contribution in [1.29, 1.82) is 0 Å². The van der Waals surface area contributed by atoms with Crippen molar-refractivity contribution in [3.8, 4) is 0 Å². The van der Waals surface area contributed by atoms with Gasteiger partial charge in [0.25, 0.3) is 0 Å². The number of hydrogen-bond donors (Lipinski definition) is 4. The molecule has 0 saturated carbocycles. The Kier molecular flexibility index (Phi) is 19.9. The Hall–Kier alpha value is -3.88. The number of thiophene rings is 1. The van der Waals surface area contributed by atoms with Gasteiger partial charge >= 0.3 is 24.4 Å². The van der Waals surface area contributed by atoms with Gasteiger partial charge < -0.3 is 18.9 Å². The number of hydrogen-bond acceptors (Lipinski definition) is 11. The van der Waals surface area contributed by atoms with Crippen LogP contribution in [0.4, 0.5) is 19.2 Å². The number of rotatable bonds is 14. The Morgan fingerprint density at radius 1 is 0.472 bits per heavy atom. The van der Waals surface area contributed by atoms with Gasteiger partial charge in [0.15, 0.2) is 0 Å². The number of ether oxygens (including phenoxy) is 4. The number of amides is 4. The van der Waals surface area contributed by atoms with Gasteiger partial charge in [-0.05, 0) is 134 Å². The second-order valence-electron chi connectivity index (χ2n) is 16.7. The van der Waals surface area contributed by atoms with Crippen LogP contribution in [0.1, 0.15) is 144 Å². The summed E-state index contributed by atoms with van der Waals surface area (Å²) in [6.07, 6.45) is 7.09. The van der Waals surface area contributed by atoms with Crippen LogP contribution in [0.2, 0.25) is 0 Å². The summed E-state index contributed by atoms with van der Waals surface area (Å²) in [6.45, 7) is 21.9. The second-order valence-corrected chi connectivity index (χ2v) is 17.9. The summed E-state index contributed by atoms with van der Waals surface area (Å²) in [5.74, 6) is 0.00128. The fourth-order valence-corrected chi connectivity index (χ4v) is 5.53. The molecule has 0 aliphatic carbocycles. The number of aliphatic imine (C=N–C) groups is 2. The number of carbonyl (C=O) groups excluding carboxylic acids is 4. The van der Waals surface area contributed by atoms with E-state index in [4.69, 9.17) is 18.9 Å². The van der Waals surface area contributed by atoms with Crippen LogP contribution in [-0.2, 0) is 31.8 Å². The van der Waals surface area contributed by atoms with Crippen LogP contribution in [0.5, 0.6) is 0 Å². The molecule has 0 fully saturated rings. The predicted molar refractivity (Wildman–Crippen MR) is 211 cm³/mol. The van der Waals surface area contributed by atoms with Gasteiger partial charge in [-0.2, -0.15) is 0 Å². The number of unbranched alkanes of at least 4 members (excludes halogenated alkanes) is 6. The fourth-order valence-electron chi connectivity index (χ4n) is 4.42. The van der Waals surface area contributed by atoms with Crippen molar-refractivity contribution < 1.29 is 38.1 Å². The van der Waals surface area contributed by atoms with Crippen LogP contribution in [0.3, 0.4) is 0 Å². The molecule has 1 aromatic heterocycles. The Morgan fingerprint density at radius 3 is 1.06 bits per heavy atom. The maximum Gasteiger partial charge on any atom is 0.414 e. The van der Waals surface area contributed by atoms with Crippen molar-refractivity contribution in [2.24, 2.45) is 9.98 Å². The molecule has 0 aliphatic heterocycles. The first-order chi connectivity index (χ1) is 24.4. The van der Waals surface area contributed by atoms with E-state index in [1.165, 1.54) is 9.75 Å². The Labute approximate surface area is 321 Å². The number of nitrogens with one attached hydrogen (secondary N) is 4. The maximum absolute atomic E-state index is 12.3. The summed E-state index contributed by atoms with van der Waals surface area (Å²) in [5, 5.41) is 10.0. The number of aryl methyl sites for hydroxylation is 2. The zero-order valence-corrected chi connectivity index (χ0v) is 35.0. The average Bonchev–Trinajstić information content (AvgIpc) is 3.39. The molecule has 1 aromatic rings. The third kappa shape index (κ3) is 27.4. The molecule has 0 atom stereocenters. The molecular weight excluding hydrogens is 701 g/mol. The lowest BCUT2D eigenvalue weighted by Crippen LogP contribution is -2.47. The third-order valence-electron chi connectivity index (χ3n) is 6.40. The average molecular weight is 767 g/mol. The smallest absolute Gasteiger partial charge is 0.414 e. The number of alkyl carbamates (subject to hydrolysis) is 4. The first-order valence-corrected chi connectivity index (χ1v) is 19.4. The molecule has 1 heterocycles. The van der Waals surface area contributed by atoms with Gasteiger partial charge in [-0.3, -0.25) is 31.3 Å². The van der Waals surface area contributed by atoms with Crippen LogP contribution in [0.25, 0.3) is 0 Å². The van der Waals surface area contributed by atoms with Crippen LogP contribution >= 0.6 is 11.3 Å². The summed E-state index contributed by atoms with van der Waals surface area (Å²) in [4.78, 5) is 60.5. The standard InChI is InChI=1S/C38H66N6O8S/c1-35(2,3)49-31(45)41-29(42-32(46)50-36(4,5)6)39-25-19-16-14-13-15-17-21-27-23-24-28(53-27)22-18-20-26-40-30(43-33(47)51-37(7,8)9)44-34(48)52-38(10,11)12/h23-24H,13-22,25-26H2,1-12H3,(H2,39,41,42,45,46)(H2,40,43,44,47,48). The van der Waals surface area contributed by atoms with E-state index in [0.29, 0.717) is 13.1 Å². The summed E-state index contributed by atoms with van der Waals surface area (Å²) in [7, 11) is 0. The minimum absolute atomic E-state index is 0.00487. The molecule has 0 radical (unpaired) electrons. The van der Waals surface area contributed by atoms with E-state index in [1.54, 1.807) is 83.1 Å². The number of guanidine groups is 2. The molecule has 1 rings (SSSR count). The molecule has 0 bridgehead atoms. The predicted octanol–water partition coefficient (Wildman–Crippen LogP) is 8.76. The molecule has 0 unspecified atom stereocenters. The highest BCUT2D eigenvalue weighted by atomic mass is 32.1. The topological polar surface area (TPSA) is 178 Å². The van der Waals surface area contributed by atoms with Crippen molar-refractivity contribution in [1.82, 2.24) is 21.3 Å². The van der Waals surface area contributed by atoms with Crippen LogP contribution in [0, 0.1) is 0 Å². The first kappa shape index (κ1) is 47.1. The summed E-state index contributed by atoms with van der Waals surface area (Å²) >= 11 is 1.84. The Balaban J connectivity index is 2.43. The molecule has 4 amide bonds. The molecular formula is C38H66N6O8S. The van der Waals surface area contributed by atoms with Crippen molar-refractivity contribution in [2.45, 2.75) is 170 Å². The van der Waals surface area contributed by atoms with Crippen LogP contribution in [0.15, 0.2) is 22.1 Å². The van der Waals surface area contributed by atoms with E-state index < -0.39 is 46.8 Å². The maximum atomic E-state index is 12.3. The van der Waals surface area contributed by atoms with Crippen molar-refractivity contribution in [3.63, 3.8) is 0 Å². The van der Waals surface area contributed by atoms with E-state index in [1.807, 2.05) is 11.3 Å². The molecule has 0 aromatic carbocycles. The fraction of sp³-hybridized carbons (Fsp3) is 0.737. The monoisotopic (exact) mass is 766 g/mol. The lowest BCUT2D eigenvalue weighted by atomic mass is 10.1. The van der Waals surface area contributed by atoms with Gasteiger partial charge in [-0.25, -0.2) is 19.2 Å². The van der Waals surface area contributed by atoms with E-state index in [-0.39, 0.29) is 11.9 Å². The largest absolute Gasteiger partial charge is 0.444 e. The van der Waals surface area contributed by atoms with Gasteiger partial charge in [0.1, 0.15) is 22.4 Å². The highest BCUT2D eigenvalue weighted by Crippen LogP contribution is 2.21. The highest BCUT2D eigenvalue weighted by Gasteiger charge is 2.22. The van der Waals surface area contributed by atoms with E-state index in [9.17, 15) is 19.2 Å². The molecule has 0 saturated heterocycles. The summed E-state index contributed by atoms with van der Waals surface area (Å²) < 4.78 is 21.2. The molecule has 0 aliphatic rings. The lowest BCUT2D eigenvalue weighted by Gasteiger charge is -2.22. The molecule has 4 N–H and O–H groups in total. The SMILES string of the molecule is CC(C)(C)OC(=O)NC(=NCCCCCCCCc1ccc(CCCCN=C(NC(=O)OC(C)(C)C)NC(=O)OC(C)(C)C)s1)NC(=O)OC(C)(C)C. The van der Waals surface area contributed by atoms with Crippen molar-refractivity contribution in [3.05, 3.63) is 21.9 Å². The molecule has 53 heavy (non-hydrogen) atoms. The summed E-state index contributed by atoms with van der Waals surface area (Å²) in [5.41, 5.74) is -2.77. The lowest BCUT2D eigenvalue weighted by molar-refractivity contribution is 0.0521. The normalized spacial score (nSPS) is 11.8. The minimum atomic E-state index is -0.709. The van der Waals surface area contributed by atoms with Crippen molar-refractivity contribution in [2.75, 3.05) is 13.1 Å². The number of carbonyl (C=O) groups is 4. The quantitative estimate of drug-likeness (QED) is 0.0628. The van der Waals surface area contributed by atoms with Crippen LogP contribution < -0.4 is 21.3 Å². The summed E-state index contributed by atoms with van der Waals surface area (Å²) in [6, 6.07) is 4.39. The minimum Gasteiger partial charge on any atom is -0.444 e. The van der Waals surface area contributed by atoms with E-state index in [2.05, 4.69) is 43.4 Å². The molecule has 0 spiro atoms. The number of nitrogens with zero attached hydrogens (tertiary/aromatic N) is 2. The zero-order valence-electron chi connectivity index (χ0n) is 34.2. The van der Waals surface area contributed by atoms with Crippen LogP contribution in [-0.4, -0.2) is 71.8 Å². The van der Waals surface area contributed by atoms with E-state index >= 15 is 0 Å². The molecule has 14 nitrogen and oxygen atoms in total. The van der Waals surface area contributed by atoms with Gasteiger partial charge in [-0.1, -0.05) is 25.7 Å². The van der Waals surface area contributed by atoms with Gasteiger partial charge in [0.05, 0.1) is 0 Å². The Bertz CT molecular complexity index is 1300. The Morgan fingerprint density at radius 2 is 0.736 bits per heavy atom. The first-order valence-electron chi connectivity index (χ1n) is 18.6. The van der Waals surface area contributed by atoms with Gasteiger partial charge in [0, 0.05) is 22.8 Å². The second kappa shape index (κ2) is 22.4. The zero-order chi connectivity index (χ0) is 40.3. The van der Waals surface area contributed by atoms with Gasteiger partial charge in [0.2, 0.25) is 11.9 Å². The molecule has 15 heteroatoms. The van der Waals surface area contributed by atoms with Gasteiger partial charge in [-0.15, -0.1) is 11.3 Å². The van der Waals surface area contributed by atoms with E-state index in [0.717, 1.165) is 64.2 Å². The highest BCUT2D eigenvalue weighted by molar-refractivity contribution is 7.11. The van der Waals surface area contributed by atoms with Crippen molar-refractivity contribution >= 4 is 47.6 Å². The molecule has 302 valence electrons.